The maximum atomic E-state index is 14.0. The molecule has 164 valence electrons. The topological polar surface area (TPSA) is 59.9 Å². The molecule has 0 amide bonds. The number of rotatable bonds is 6. The summed E-state index contributed by atoms with van der Waals surface area (Å²) in [7, 11) is 3.88. The number of guanidine groups is 1. The number of aliphatic imine (C=N–C) groups is 1. The number of hydrogen-bond acceptors (Lipinski definition) is 5. The zero-order chi connectivity index (χ0) is 20.6. The molecule has 0 spiro atoms. The number of aromatic nitrogens is 2. The van der Waals surface area contributed by atoms with Crippen LogP contribution in [0.15, 0.2) is 41.7 Å². The normalized spacial score (nSPS) is 14.6. The molecule has 1 N–H and O–H groups in total. The minimum atomic E-state index is -0.169. The summed E-state index contributed by atoms with van der Waals surface area (Å²) < 4.78 is 14.0. The Labute approximate surface area is 195 Å². The predicted molar refractivity (Wildman–Crippen MR) is 130 cm³/mol. The summed E-state index contributed by atoms with van der Waals surface area (Å²) in [5.41, 5.74) is 1.71. The summed E-state index contributed by atoms with van der Waals surface area (Å²) >= 11 is 0. The maximum absolute atomic E-state index is 14.0. The van der Waals surface area contributed by atoms with E-state index in [-0.39, 0.29) is 29.8 Å². The second kappa shape index (κ2) is 12.0. The Morgan fingerprint density at radius 2 is 1.87 bits per heavy atom. The van der Waals surface area contributed by atoms with E-state index in [0.717, 1.165) is 50.2 Å². The van der Waals surface area contributed by atoms with E-state index in [9.17, 15) is 4.39 Å². The van der Waals surface area contributed by atoms with E-state index in [1.165, 1.54) is 6.07 Å². The van der Waals surface area contributed by atoms with Gasteiger partial charge in [0.25, 0.3) is 0 Å². The van der Waals surface area contributed by atoms with Crippen molar-refractivity contribution in [2.24, 2.45) is 4.99 Å². The summed E-state index contributed by atoms with van der Waals surface area (Å²) in [6.45, 7) is 7.35. The van der Waals surface area contributed by atoms with Crippen LogP contribution in [0.4, 0.5) is 10.3 Å². The highest BCUT2D eigenvalue weighted by atomic mass is 127. The molecular weight excluding hydrogens is 496 g/mol. The fourth-order valence-electron chi connectivity index (χ4n) is 3.35. The first kappa shape index (κ1) is 24.3. The summed E-state index contributed by atoms with van der Waals surface area (Å²) in [5.74, 6) is 1.49. The molecule has 0 atom stereocenters. The van der Waals surface area contributed by atoms with Gasteiger partial charge in [-0.3, -0.25) is 0 Å². The van der Waals surface area contributed by atoms with Gasteiger partial charge in [-0.25, -0.2) is 19.4 Å². The Morgan fingerprint density at radius 3 is 2.50 bits per heavy atom. The van der Waals surface area contributed by atoms with Crippen LogP contribution in [-0.4, -0.2) is 72.5 Å². The summed E-state index contributed by atoms with van der Waals surface area (Å²) in [6.07, 6.45) is 3.54. The van der Waals surface area contributed by atoms with Gasteiger partial charge in [0, 0.05) is 57.2 Å². The van der Waals surface area contributed by atoms with Crippen molar-refractivity contribution in [2.75, 3.05) is 51.7 Å². The molecular formula is C21H31FIN7. The smallest absolute Gasteiger partial charge is 0.225 e. The first-order valence-electron chi connectivity index (χ1n) is 10.0. The lowest BCUT2D eigenvalue weighted by Crippen LogP contribution is -2.52. The van der Waals surface area contributed by atoms with Crippen LogP contribution < -0.4 is 10.2 Å². The minimum Gasteiger partial charge on any atom is -0.357 e. The van der Waals surface area contributed by atoms with Gasteiger partial charge in [0.2, 0.25) is 5.95 Å². The quantitative estimate of drug-likeness (QED) is 0.354. The van der Waals surface area contributed by atoms with E-state index in [4.69, 9.17) is 4.99 Å². The molecule has 9 heteroatoms. The van der Waals surface area contributed by atoms with Crippen molar-refractivity contribution in [1.82, 2.24) is 25.1 Å². The largest absolute Gasteiger partial charge is 0.357 e. The first-order chi connectivity index (χ1) is 14.1. The Hall–Kier alpha value is -2.01. The molecule has 0 saturated carbocycles. The van der Waals surface area contributed by atoms with Gasteiger partial charge in [-0.05, 0) is 44.8 Å². The molecule has 1 saturated heterocycles. The Bertz CT molecular complexity index is 808. The van der Waals surface area contributed by atoms with E-state index in [2.05, 4.69) is 32.0 Å². The molecule has 7 nitrogen and oxygen atoms in total. The molecule has 1 fully saturated rings. The van der Waals surface area contributed by atoms with Crippen molar-refractivity contribution in [3.8, 4) is 0 Å². The lowest BCUT2D eigenvalue weighted by atomic mass is 10.1. The number of hydrogen-bond donors (Lipinski definition) is 1. The van der Waals surface area contributed by atoms with Crippen LogP contribution in [0.3, 0.4) is 0 Å². The zero-order valence-corrected chi connectivity index (χ0v) is 20.2. The van der Waals surface area contributed by atoms with E-state index < -0.39 is 0 Å². The molecule has 2 heterocycles. The summed E-state index contributed by atoms with van der Waals surface area (Å²) in [5, 5.41) is 3.38. The van der Waals surface area contributed by atoms with E-state index in [1.54, 1.807) is 12.4 Å². The van der Waals surface area contributed by atoms with Gasteiger partial charge < -0.3 is 20.0 Å². The fourth-order valence-corrected chi connectivity index (χ4v) is 3.35. The van der Waals surface area contributed by atoms with Gasteiger partial charge in [0.1, 0.15) is 5.82 Å². The highest BCUT2D eigenvalue weighted by Crippen LogP contribution is 2.14. The molecule has 30 heavy (non-hydrogen) atoms. The van der Waals surface area contributed by atoms with Crippen LogP contribution in [-0.2, 0) is 13.1 Å². The number of halogens is 2. The SMILES string of the molecule is CCNC(=NCc1ccc(F)c(CN(C)C)c1)N1CCN(c2ncccn2)CC1.I. The molecule has 3 rings (SSSR count). The van der Waals surface area contributed by atoms with Crippen molar-refractivity contribution < 1.29 is 4.39 Å². The van der Waals surface area contributed by atoms with Gasteiger partial charge in [0.15, 0.2) is 5.96 Å². The fraction of sp³-hybridized carbons (Fsp3) is 0.476. The maximum Gasteiger partial charge on any atom is 0.225 e. The number of nitrogens with one attached hydrogen (secondary N) is 1. The average Bonchev–Trinajstić information content (AvgIpc) is 2.74. The minimum absolute atomic E-state index is 0. The summed E-state index contributed by atoms with van der Waals surface area (Å²) in [6, 6.07) is 7.09. The van der Waals surface area contributed by atoms with Gasteiger partial charge >= 0.3 is 0 Å². The van der Waals surface area contributed by atoms with Gasteiger partial charge in [-0.1, -0.05) is 6.07 Å². The molecule has 0 aliphatic carbocycles. The first-order valence-corrected chi connectivity index (χ1v) is 10.0. The van der Waals surface area contributed by atoms with Crippen LogP contribution in [0.2, 0.25) is 0 Å². The standard InChI is InChI=1S/C21H30FN7.HI/c1-4-23-20(26-15-17-6-7-19(22)18(14-17)16-27(2)3)28-10-12-29(13-11-28)21-24-8-5-9-25-21;/h5-9,14H,4,10-13,15-16H2,1-3H3,(H,23,26);1H. The molecule has 1 aromatic carbocycles. The van der Waals surface area contributed by atoms with Crippen molar-refractivity contribution in [3.63, 3.8) is 0 Å². The van der Waals surface area contributed by atoms with Crippen molar-refractivity contribution in [3.05, 3.63) is 53.6 Å². The van der Waals surface area contributed by atoms with Crippen molar-refractivity contribution in [2.45, 2.75) is 20.0 Å². The number of benzene rings is 1. The highest BCUT2D eigenvalue weighted by Gasteiger charge is 2.21. The lowest BCUT2D eigenvalue weighted by Gasteiger charge is -2.36. The van der Waals surface area contributed by atoms with Crippen LogP contribution in [0.1, 0.15) is 18.1 Å². The van der Waals surface area contributed by atoms with Crippen LogP contribution in [0, 0.1) is 5.82 Å². The molecule has 0 radical (unpaired) electrons. The van der Waals surface area contributed by atoms with E-state index in [0.29, 0.717) is 18.7 Å². The Morgan fingerprint density at radius 1 is 1.17 bits per heavy atom. The molecule has 0 bridgehead atoms. The third kappa shape index (κ3) is 6.76. The number of nitrogens with zero attached hydrogens (tertiary/aromatic N) is 6. The molecule has 1 aliphatic rings. The number of anilines is 1. The zero-order valence-electron chi connectivity index (χ0n) is 17.9. The Balaban J connectivity index is 0.00000320. The second-order valence-corrected chi connectivity index (χ2v) is 7.36. The molecule has 1 aliphatic heterocycles. The monoisotopic (exact) mass is 527 g/mol. The van der Waals surface area contributed by atoms with Gasteiger partial charge in [0.05, 0.1) is 6.54 Å². The highest BCUT2D eigenvalue weighted by molar-refractivity contribution is 14.0. The van der Waals surface area contributed by atoms with E-state index in [1.807, 2.05) is 37.2 Å². The van der Waals surface area contributed by atoms with E-state index >= 15 is 0 Å². The summed E-state index contributed by atoms with van der Waals surface area (Å²) in [4.78, 5) is 19.9. The van der Waals surface area contributed by atoms with Gasteiger partial charge in [-0.15, -0.1) is 24.0 Å². The second-order valence-electron chi connectivity index (χ2n) is 7.36. The van der Waals surface area contributed by atoms with Crippen LogP contribution >= 0.6 is 24.0 Å². The van der Waals surface area contributed by atoms with Crippen molar-refractivity contribution in [1.29, 1.82) is 0 Å². The Kier molecular flexibility index (Phi) is 9.70. The molecule has 1 aromatic heterocycles. The predicted octanol–water partition coefficient (Wildman–Crippen LogP) is 2.58. The van der Waals surface area contributed by atoms with Gasteiger partial charge in [-0.2, -0.15) is 0 Å². The molecule has 0 unspecified atom stereocenters. The lowest BCUT2D eigenvalue weighted by molar-refractivity contribution is 0.370. The third-order valence-corrected chi connectivity index (χ3v) is 4.76. The molecule has 2 aromatic rings. The third-order valence-electron chi connectivity index (χ3n) is 4.76. The van der Waals surface area contributed by atoms with Crippen LogP contribution in [0.25, 0.3) is 0 Å². The van der Waals surface area contributed by atoms with Crippen molar-refractivity contribution >= 4 is 35.9 Å². The van der Waals surface area contributed by atoms with Crippen LogP contribution in [0.5, 0.6) is 0 Å². The average molecular weight is 527 g/mol. The number of piperazine rings is 1.